The SMILES string of the molecule is C=C(/C=C\C)CN(SCCc1ccc(Cl)cc1)C1CCN(c2nc(C)nn2SC)CC1. The molecule has 8 heteroatoms. The molecule has 0 atom stereocenters. The van der Waals surface area contributed by atoms with E-state index < -0.39 is 0 Å². The average Bonchev–Trinajstić information content (AvgIpc) is 3.15. The lowest BCUT2D eigenvalue weighted by Gasteiger charge is -2.38. The second-order valence-electron chi connectivity index (χ2n) is 7.68. The van der Waals surface area contributed by atoms with E-state index in [-0.39, 0.29) is 0 Å². The number of hydrogen-bond acceptors (Lipinski definition) is 6. The Kier molecular flexibility index (Phi) is 9.38. The number of aromatic nitrogens is 3. The van der Waals surface area contributed by atoms with Crippen molar-refractivity contribution in [1.82, 2.24) is 18.5 Å². The average molecular weight is 478 g/mol. The summed E-state index contributed by atoms with van der Waals surface area (Å²) in [6, 6.07) is 8.71. The van der Waals surface area contributed by atoms with Crippen molar-refractivity contribution >= 4 is 41.4 Å². The Morgan fingerprint density at radius 3 is 2.65 bits per heavy atom. The van der Waals surface area contributed by atoms with E-state index in [0.29, 0.717) is 6.04 Å². The number of anilines is 1. The molecule has 1 saturated heterocycles. The van der Waals surface area contributed by atoms with Gasteiger partial charge in [-0.05, 0) is 68.3 Å². The van der Waals surface area contributed by atoms with Gasteiger partial charge in [0, 0.05) is 42.7 Å². The highest BCUT2D eigenvalue weighted by Crippen LogP contribution is 2.28. The van der Waals surface area contributed by atoms with E-state index in [1.807, 2.05) is 48.3 Å². The Balaban J connectivity index is 1.59. The Hall–Kier alpha value is -1.41. The zero-order valence-corrected chi connectivity index (χ0v) is 21.0. The molecule has 3 rings (SSSR count). The first-order valence-electron chi connectivity index (χ1n) is 10.7. The van der Waals surface area contributed by atoms with Crippen LogP contribution in [0.5, 0.6) is 0 Å². The van der Waals surface area contributed by atoms with Crippen LogP contribution < -0.4 is 4.90 Å². The molecule has 0 unspecified atom stereocenters. The fraction of sp³-hybridized carbons (Fsp3) is 0.478. The van der Waals surface area contributed by atoms with Gasteiger partial charge in [0.05, 0.1) is 0 Å². The van der Waals surface area contributed by atoms with Crippen LogP contribution in [0.15, 0.2) is 48.6 Å². The summed E-state index contributed by atoms with van der Waals surface area (Å²) in [6.07, 6.45) is 9.47. The van der Waals surface area contributed by atoms with Crippen LogP contribution in [-0.4, -0.2) is 56.2 Å². The molecule has 2 heterocycles. The predicted molar refractivity (Wildman–Crippen MR) is 137 cm³/mol. The van der Waals surface area contributed by atoms with E-state index in [1.54, 1.807) is 11.9 Å². The highest BCUT2D eigenvalue weighted by atomic mass is 35.5. The maximum absolute atomic E-state index is 6.02. The van der Waals surface area contributed by atoms with Gasteiger partial charge < -0.3 is 4.90 Å². The van der Waals surface area contributed by atoms with Gasteiger partial charge in [-0.2, -0.15) is 9.07 Å². The van der Waals surface area contributed by atoms with Crippen molar-refractivity contribution in [3.63, 3.8) is 0 Å². The molecule has 1 aromatic carbocycles. The molecule has 0 bridgehead atoms. The lowest BCUT2D eigenvalue weighted by molar-refractivity contribution is 0.313. The van der Waals surface area contributed by atoms with Crippen molar-refractivity contribution in [3.05, 3.63) is 65.0 Å². The van der Waals surface area contributed by atoms with E-state index in [2.05, 4.69) is 50.2 Å². The predicted octanol–water partition coefficient (Wildman–Crippen LogP) is 5.66. The summed E-state index contributed by atoms with van der Waals surface area (Å²) in [5.74, 6) is 2.85. The van der Waals surface area contributed by atoms with E-state index in [4.69, 9.17) is 11.6 Å². The van der Waals surface area contributed by atoms with Crippen molar-refractivity contribution in [2.45, 2.75) is 39.2 Å². The van der Waals surface area contributed by atoms with E-state index >= 15 is 0 Å². The molecule has 0 radical (unpaired) electrons. The largest absolute Gasteiger partial charge is 0.340 e. The van der Waals surface area contributed by atoms with Crippen LogP contribution in [0.3, 0.4) is 0 Å². The summed E-state index contributed by atoms with van der Waals surface area (Å²) in [4.78, 5) is 7.01. The van der Waals surface area contributed by atoms with Gasteiger partial charge in [0.1, 0.15) is 0 Å². The molecule has 168 valence electrons. The summed E-state index contributed by atoms with van der Waals surface area (Å²) in [5.41, 5.74) is 2.48. The first kappa shape index (κ1) is 24.2. The highest BCUT2D eigenvalue weighted by Gasteiger charge is 2.27. The van der Waals surface area contributed by atoms with Crippen molar-refractivity contribution < 1.29 is 0 Å². The molecule has 0 spiro atoms. The number of nitrogens with zero attached hydrogens (tertiary/aromatic N) is 5. The van der Waals surface area contributed by atoms with Gasteiger partial charge in [0.25, 0.3) is 0 Å². The quantitative estimate of drug-likeness (QED) is 0.324. The minimum atomic E-state index is 0.528. The number of benzene rings is 1. The van der Waals surface area contributed by atoms with Crippen LogP contribution in [0, 0.1) is 6.92 Å². The van der Waals surface area contributed by atoms with Crippen LogP contribution in [0.2, 0.25) is 5.02 Å². The third kappa shape index (κ3) is 7.04. The lowest BCUT2D eigenvalue weighted by Crippen LogP contribution is -2.43. The molecular weight excluding hydrogens is 446 g/mol. The third-order valence-corrected chi connectivity index (χ3v) is 7.31. The molecule has 1 fully saturated rings. The van der Waals surface area contributed by atoms with Crippen molar-refractivity contribution in [2.24, 2.45) is 0 Å². The molecule has 31 heavy (non-hydrogen) atoms. The van der Waals surface area contributed by atoms with Crippen LogP contribution in [-0.2, 0) is 6.42 Å². The molecule has 2 aromatic rings. The lowest BCUT2D eigenvalue weighted by atomic mass is 10.0. The van der Waals surface area contributed by atoms with Crippen LogP contribution >= 0.6 is 35.5 Å². The molecule has 0 amide bonds. The molecule has 5 nitrogen and oxygen atoms in total. The van der Waals surface area contributed by atoms with Crippen molar-refractivity contribution in [3.8, 4) is 0 Å². The maximum atomic E-state index is 6.02. The molecule has 0 N–H and O–H groups in total. The molecule has 0 saturated carbocycles. The van der Waals surface area contributed by atoms with Crippen molar-refractivity contribution in [2.75, 3.05) is 36.5 Å². The van der Waals surface area contributed by atoms with Crippen molar-refractivity contribution in [1.29, 1.82) is 0 Å². The Morgan fingerprint density at radius 1 is 1.29 bits per heavy atom. The normalized spacial score (nSPS) is 15.3. The van der Waals surface area contributed by atoms with Crippen LogP contribution in [0.1, 0.15) is 31.2 Å². The molecule has 1 aliphatic heterocycles. The van der Waals surface area contributed by atoms with E-state index in [1.165, 1.54) is 5.56 Å². The zero-order chi connectivity index (χ0) is 22.2. The first-order valence-corrected chi connectivity index (χ1v) is 13.2. The summed E-state index contributed by atoms with van der Waals surface area (Å²) in [7, 11) is 0. The van der Waals surface area contributed by atoms with Gasteiger partial charge >= 0.3 is 0 Å². The number of rotatable bonds is 10. The summed E-state index contributed by atoms with van der Waals surface area (Å²) < 4.78 is 4.47. The van der Waals surface area contributed by atoms with Gasteiger partial charge in [0.15, 0.2) is 5.82 Å². The fourth-order valence-electron chi connectivity index (χ4n) is 3.75. The van der Waals surface area contributed by atoms with Gasteiger partial charge in [-0.25, -0.2) is 4.31 Å². The number of allylic oxidation sites excluding steroid dienone is 1. The minimum Gasteiger partial charge on any atom is -0.340 e. The Bertz CT molecular complexity index is 873. The second kappa shape index (κ2) is 12.0. The first-order chi connectivity index (χ1) is 15.0. The summed E-state index contributed by atoms with van der Waals surface area (Å²) in [5, 5.41) is 5.27. The number of piperidine rings is 1. The summed E-state index contributed by atoms with van der Waals surface area (Å²) in [6.45, 7) is 11.1. The minimum absolute atomic E-state index is 0.528. The topological polar surface area (TPSA) is 37.2 Å². The van der Waals surface area contributed by atoms with Crippen LogP contribution in [0.4, 0.5) is 5.95 Å². The maximum Gasteiger partial charge on any atom is 0.234 e. The number of aryl methyl sites for hydroxylation is 2. The number of hydrogen-bond donors (Lipinski definition) is 0. The Morgan fingerprint density at radius 2 is 2.00 bits per heavy atom. The van der Waals surface area contributed by atoms with Crippen LogP contribution in [0.25, 0.3) is 0 Å². The molecule has 1 aromatic heterocycles. The van der Waals surface area contributed by atoms with E-state index in [0.717, 1.165) is 67.0 Å². The Labute approximate surface area is 200 Å². The summed E-state index contributed by atoms with van der Waals surface area (Å²) >= 11 is 9.56. The van der Waals surface area contributed by atoms with Gasteiger partial charge in [-0.15, -0.1) is 5.10 Å². The number of halogens is 1. The van der Waals surface area contributed by atoms with Gasteiger partial charge in [-0.1, -0.05) is 54.4 Å². The molecular formula is C23H32ClN5S2. The van der Waals surface area contributed by atoms with Gasteiger partial charge in [-0.3, -0.25) is 0 Å². The fourth-order valence-corrected chi connectivity index (χ4v) is 5.64. The van der Waals surface area contributed by atoms with Gasteiger partial charge in [0.2, 0.25) is 5.95 Å². The third-order valence-electron chi connectivity index (χ3n) is 5.32. The van der Waals surface area contributed by atoms with E-state index in [9.17, 15) is 0 Å². The molecule has 1 aliphatic rings. The standard InChI is InChI=1S/C23H32ClN5S2/c1-5-6-18(2)17-28(31-16-13-20-7-9-21(24)10-8-20)22-11-14-27(15-12-22)23-25-19(3)26-29(23)30-4/h5-10,22H,2,11-17H2,1,3-4H3/b6-5-. The second-order valence-corrected chi connectivity index (χ2v) is 9.96. The zero-order valence-electron chi connectivity index (χ0n) is 18.6. The molecule has 0 aliphatic carbocycles. The highest BCUT2D eigenvalue weighted by molar-refractivity contribution is 7.97. The smallest absolute Gasteiger partial charge is 0.234 e. The monoisotopic (exact) mass is 477 g/mol.